The molecule has 2 aromatic rings. The molecular weight excluding hydrogens is 394 g/mol. The number of aliphatic hydroxyl groups excluding tert-OH is 4. The Labute approximate surface area is 162 Å². The molecule has 5 unspecified atom stereocenters. The van der Waals surface area contributed by atoms with Crippen molar-refractivity contribution in [2.45, 2.75) is 30.6 Å². The number of nitrogens with zero attached hydrogens (tertiary/aromatic N) is 2. The van der Waals surface area contributed by atoms with Crippen molar-refractivity contribution in [3.8, 4) is 17.3 Å². The van der Waals surface area contributed by atoms with Crippen molar-refractivity contribution in [3.63, 3.8) is 0 Å². The van der Waals surface area contributed by atoms with Gasteiger partial charge in [-0.2, -0.15) is 5.26 Å². The lowest BCUT2D eigenvalue weighted by Gasteiger charge is -2.40. The maximum Gasteiger partial charge on any atom is 0.331 e. The number of nitriles is 1. The molecule has 0 amide bonds. The quantitative estimate of drug-likeness (QED) is 0.416. The molecule has 0 spiro atoms. The van der Waals surface area contributed by atoms with Crippen LogP contribution in [0.25, 0.3) is 11.3 Å². The smallest absolute Gasteiger partial charge is 0.331 e. The van der Waals surface area contributed by atoms with Gasteiger partial charge in [-0.25, -0.2) is 9.36 Å². The Kier molecular flexibility index (Phi) is 5.66. The average Bonchev–Trinajstić information content (AvgIpc) is 2.68. The first-order valence-corrected chi connectivity index (χ1v) is 8.53. The van der Waals surface area contributed by atoms with Gasteiger partial charge in [0.1, 0.15) is 36.0 Å². The van der Waals surface area contributed by atoms with E-state index < -0.39 is 54.1 Å². The van der Waals surface area contributed by atoms with Gasteiger partial charge >= 0.3 is 5.69 Å². The van der Waals surface area contributed by atoms with E-state index in [4.69, 9.17) is 16.3 Å². The van der Waals surface area contributed by atoms with Crippen LogP contribution in [0.1, 0.15) is 11.8 Å². The normalized spacial score (nSPS) is 27.4. The van der Waals surface area contributed by atoms with E-state index in [1.54, 1.807) is 6.07 Å². The molecule has 1 aliphatic heterocycles. The van der Waals surface area contributed by atoms with Gasteiger partial charge < -0.3 is 30.1 Å². The Morgan fingerprint density at radius 1 is 1.14 bits per heavy atom. The van der Waals surface area contributed by atoms with Gasteiger partial charge in [0.2, 0.25) is 0 Å². The van der Waals surface area contributed by atoms with Gasteiger partial charge in [0.25, 0.3) is 5.56 Å². The largest absolute Gasteiger partial charge is 0.394 e. The molecule has 5 N–H and O–H groups in total. The highest BCUT2D eigenvalue weighted by Gasteiger charge is 2.45. The third-order valence-electron chi connectivity index (χ3n) is 4.50. The number of aromatic nitrogens is 2. The fourth-order valence-electron chi connectivity index (χ4n) is 3.01. The molecule has 2 heterocycles. The lowest BCUT2D eigenvalue weighted by molar-refractivity contribution is -0.252. The first-order chi connectivity index (χ1) is 13.3. The summed E-state index contributed by atoms with van der Waals surface area (Å²) in [5.74, 6) is 0. The fraction of sp³-hybridized carbons (Fsp3) is 0.353. The number of H-pyrrole nitrogens is 1. The zero-order chi connectivity index (χ0) is 20.6. The van der Waals surface area contributed by atoms with Crippen LogP contribution in [-0.2, 0) is 4.74 Å². The number of halogens is 1. The number of hydrogen-bond donors (Lipinski definition) is 5. The van der Waals surface area contributed by atoms with Gasteiger partial charge in [0.05, 0.1) is 12.3 Å². The molecule has 28 heavy (non-hydrogen) atoms. The van der Waals surface area contributed by atoms with E-state index in [-0.39, 0.29) is 5.69 Å². The van der Waals surface area contributed by atoms with Crippen molar-refractivity contribution in [2.75, 3.05) is 6.61 Å². The fourth-order valence-corrected chi connectivity index (χ4v) is 3.14. The Hall–Kier alpha value is -2.52. The number of nitrogens with one attached hydrogen (secondary N) is 1. The molecule has 148 valence electrons. The van der Waals surface area contributed by atoms with Crippen molar-refractivity contribution >= 4 is 11.6 Å². The van der Waals surface area contributed by atoms with Gasteiger partial charge in [-0.05, 0) is 17.7 Å². The van der Waals surface area contributed by atoms with Gasteiger partial charge in [0.15, 0.2) is 6.23 Å². The first-order valence-electron chi connectivity index (χ1n) is 8.15. The van der Waals surface area contributed by atoms with Crippen LogP contribution < -0.4 is 11.2 Å². The van der Waals surface area contributed by atoms with Crippen LogP contribution in [0.5, 0.6) is 0 Å². The third-order valence-corrected chi connectivity index (χ3v) is 4.75. The van der Waals surface area contributed by atoms with Crippen molar-refractivity contribution < 1.29 is 25.2 Å². The second-order valence-corrected chi connectivity index (χ2v) is 6.63. The van der Waals surface area contributed by atoms with Crippen molar-refractivity contribution in [3.05, 3.63) is 55.7 Å². The maximum atomic E-state index is 12.8. The van der Waals surface area contributed by atoms with E-state index in [9.17, 15) is 35.3 Å². The summed E-state index contributed by atoms with van der Waals surface area (Å²) in [6.07, 6.45) is -8.35. The van der Waals surface area contributed by atoms with Crippen molar-refractivity contribution in [2.24, 2.45) is 0 Å². The molecule has 1 aliphatic rings. The van der Waals surface area contributed by atoms with Crippen LogP contribution >= 0.6 is 11.6 Å². The molecule has 0 radical (unpaired) electrons. The Morgan fingerprint density at radius 3 is 2.36 bits per heavy atom. The second-order valence-electron chi connectivity index (χ2n) is 6.19. The van der Waals surface area contributed by atoms with E-state index in [0.717, 1.165) is 0 Å². The van der Waals surface area contributed by atoms with Crippen molar-refractivity contribution in [1.82, 2.24) is 9.55 Å². The zero-order valence-corrected chi connectivity index (χ0v) is 14.9. The van der Waals surface area contributed by atoms with Gasteiger partial charge in [-0.15, -0.1) is 0 Å². The van der Waals surface area contributed by atoms with Crippen LogP contribution in [0.4, 0.5) is 0 Å². The number of aromatic amines is 1. The Bertz CT molecular complexity index is 1030. The standard InChI is InChI=1S/C17H16ClN3O7/c18-8-3-1-7(2-4-8)11-9(5-19)15(26)21(17(27)20-11)16-14(25)13(24)12(23)10(6-22)28-16/h1-4,10,12-14,16,22-25H,6H2,(H,20,27). The summed E-state index contributed by atoms with van der Waals surface area (Å²) >= 11 is 5.82. The van der Waals surface area contributed by atoms with Crippen LogP contribution in [0.15, 0.2) is 33.9 Å². The predicted molar refractivity (Wildman–Crippen MR) is 95.5 cm³/mol. The van der Waals surface area contributed by atoms with Crippen LogP contribution in [0.3, 0.4) is 0 Å². The number of ether oxygens (including phenoxy) is 1. The number of rotatable bonds is 3. The number of hydrogen-bond acceptors (Lipinski definition) is 8. The summed E-state index contributed by atoms with van der Waals surface area (Å²) in [4.78, 5) is 27.8. The Morgan fingerprint density at radius 2 is 1.79 bits per heavy atom. The lowest BCUT2D eigenvalue weighted by Crippen LogP contribution is -2.59. The molecule has 0 aliphatic carbocycles. The summed E-state index contributed by atoms with van der Waals surface area (Å²) in [6, 6.07) is 7.75. The predicted octanol–water partition coefficient (Wildman–Crippen LogP) is -1.30. The molecule has 0 bridgehead atoms. The van der Waals surface area contributed by atoms with Gasteiger partial charge in [-0.3, -0.25) is 4.79 Å². The molecule has 5 atom stereocenters. The van der Waals surface area contributed by atoms with E-state index >= 15 is 0 Å². The topological polar surface area (TPSA) is 169 Å². The van der Waals surface area contributed by atoms with E-state index in [2.05, 4.69) is 4.98 Å². The maximum absolute atomic E-state index is 12.8. The molecule has 0 saturated carbocycles. The molecule has 1 fully saturated rings. The van der Waals surface area contributed by atoms with Crippen molar-refractivity contribution in [1.29, 1.82) is 5.26 Å². The molecule has 1 aromatic carbocycles. The molecule has 3 rings (SSSR count). The molecule has 11 heteroatoms. The molecule has 1 saturated heterocycles. The highest BCUT2D eigenvalue weighted by molar-refractivity contribution is 6.30. The molecule has 10 nitrogen and oxygen atoms in total. The summed E-state index contributed by atoms with van der Waals surface area (Å²) in [7, 11) is 0. The molecular formula is C17H16ClN3O7. The summed E-state index contributed by atoms with van der Waals surface area (Å²) < 4.78 is 5.68. The minimum Gasteiger partial charge on any atom is -0.394 e. The number of aliphatic hydroxyl groups is 4. The summed E-state index contributed by atoms with van der Waals surface area (Å²) in [5, 5.41) is 49.1. The number of benzene rings is 1. The van der Waals surface area contributed by atoms with Crippen LogP contribution in [0, 0.1) is 11.3 Å². The van der Waals surface area contributed by atoms with E-state index in [0.29, 0.717) is 15.2 Å². The zero-order valence-electron chi connectivity index (χ0n) is 14.2. The van der Waals surface area contributed by atoms with Gasteiger partial charge in [-0.1, -0.05) is 23.7 Å². The van der Waals surface area contributed by atoms with E-state index in [1.165, 1.54) is 24.3 Å². The third kappa shape index (κ3) is 3.35. The first kappa shape index (κ1) is 20.2. The monoisotopic (exact) mass is 409 g/mol. The highest BCUT2D eigenvalue weighted by atomic mass is 35.5. The minimum atomic E-state index is -1.86. The summed E-state index contributed by atoms with van der Waals surface area (Å²) in [6.45, 7) is -0.734. The average molecular weight is 410 g/mol. The second kappa shape index (κ2) is 7.84. The van der Waals surface area contributed by atoms with Gasteiger partial charge in [0, 0.05) is 5.02 Å². The lowest BCUT2D eigenvalue weighted by atomic mass is 9.98. The van der Waals surface area contributed by atoms with E-state index in [1.807, 2.05) is 0 Å². The van der Waals surface area contributed by atoms with Crippen LogP contribution in [-0.4, -0.2) is 61.0 Å². The molecule has 1 aromatic heterocycles. The minimum absolute atomic E-state index is 0.0463. The highest BCUT2D eigenvalue weighted by Crippen LogP contribution is 2.27. The Balaban J connectivity index is 2.16. The summed E-state index contributed by atoms with van der Waals surface area (Å²) in [5.41, 5.74) is -2.20. The van der Waals surface area contributed by atoms with Crippen LogP contribution in [0.2, 0.25) is 5.02 Å². The SMILES string of the molecule is N#Cc1c(-c2ccc(Cl)cc2)[nH]c(=O)n(C2OC(CO)C(O)C(O)C2O)c1=O.